The zero-order chi connectivity index (χ0) is 25.5. The smallest absolute Gasteiger partial charge is 0.265 e. The van der Waals surface area contributed by atoms with Crippen molar-refractivity contribution in [3.8, 4) is 5.75 Å². The summed E-state index contributed by atoms with van der Waals surface area (Å²) in [6.45, 7) is 8.75. The van der Waals surface area contributed by atoms with Crippen LogP contribution in [0.2, 0.25) is 0 Å². The number of anilines is 1. The van der Waals surface area contributed by atoms with E-state index in [2.05, 4.69) is 10.6 Å². The molecule has 2 aliphatic heterocycles. The molecule has 1 atom stereocenters. The molecule has 0 saturated carbocycles. The van der Waals surface area contributed by atoms with E-state index in [9.17, 15) is 9.59 Å². The van der Waals surface area contributed by atoms with Gasteiger partial charge in [0.05, 0.1) is 13.2 Å². The Morgan fingerprint density at radius 3 is 2.71 bits per heavy atom. The van der Waals surface area contributed by atoms with Gasteiger partial charge in [-0.3, -0.25) is 14.4 Å². The van der Waals surface area contributed by atoms with E-state index in [-0.39, 0.29) is 24.0 Å². The van der Waals surface area contributed by atoms with E-state index in [0.29, 0.717) is 36.5 Å². The van der Waals surface area contributed by atoms with Crippen molar-refractivity contribution in [3.05, 3.63) is 70.1 Å². The Morgan fingerprint density at radius 2 is 2.11 bits per heavy atom. The maximum absolute atomic E-state index is 15.1. The molecule has 0 aliphatic carbocycles. The van der Waals surface area contributed by atoms with Gasteiger partial charge in [0, 0.05) is 24.7 Å². The second-order valence-corrected chi connectivity index (χ2v) is 8.42. The fraction of sp³-hybridized carbons (Fsp3) is 0.407. The highest BCUT2D eigenvalue weighted by atomic mass is 19.1. The summed E-state index contributed by atoms with van der Waals surface area (Å²) in [5.74, 6) is -0.636. The largest absolute Gasteiger partial charge is 0.478 e. The minimum absolute atomic E-state index is 0.0782. The lowest BCUT2D eigenvalue weighted by Crippen LogP contribution is -2.37. The van der Waals surface area contributed by atoms with Crippen LogP contribution in [0.3, 0.4) is 0 Å². The number of allylic oxidation sites excluding steroid dienone is 3. The number of benzene rings is 1. The number of nitrogens with one attached hydrogen (secondary N) is 2. The Kier molecular flexibility index (Phi) is 9.01. The number of hydrogen-bond acceptors (Lipinski definition) is 5. The van der Waals surface area contributed by atoms with Crippen molar-refractivity contribution in [1.29, 1.82) is 0 Å². The van der Waals surface area contributed by atoms with Gasteiger partial charge >= 0.3 is 0 Å². The number of hydroxylamine groups is 2. The number of amides is 2. The zero-order valence-corrected chi connectivity index (χ0v) is 21.0. The van der Waals surface area contributed by atoms with Gasteiger partial charge in [-0.1, -0.05) is 38.1 Å². The van der Waals surface area contributed by atoms with E-state index >= 15 is 4.39 Å². The van der Waals surface area contributed by atoms with Gasteiger partial charge in [-0.05, 0) is 55.6 Å². The van der Waals surface area contributed by atoms with Gasteiger partial charge in [0.15, 0.2) is 11.9 Å². The van der Waals surface area contributed by atoms with Crippen LogP contribution in [-0.2, 0) is 21.0 Å². The molecule has 2 amide bonds. The molecule has 0 fully saturated rings. The molecule has 1 aromatic carbocycles. The van der Waals surface area contributed by atoms with Crippen molar-refractivity contribution in [1.82, 2.24) is 10.4 Å². The Bertz CT molecular complexity index is 1100. The highest BCUT2D eigenvalue weighted by Crippen LogP contribution is 2.35. The van der Waals surface area contributed by atoms with Crippen molar-refractivity contribution < 1.29 is 23.6 Å². The third-order valence-electron chi connectivity index (χ3n) is 6.00. The van der Waals surface area contributed by atoms with Crippen LogP contribution in [0.15, 0.2) is 58.7 Å². The molecule has 2 heterocycles. The molecular formula is C27H34FN3O4. The molecule has 1 unspecified atom stereocenters. The molecule has 2 N–H and O–H groups in total. The molecule has 0 spiro atoms. The fourth-order valence-corrected chi connectivity index (χ4v) is 4.15. The highest BCUT2D eigenvalue weighted by molar-refractivity contribution is 5.98. The topological polar surface area (TPSA) is 79.9 Å². The van der Waals surface area contributed by atoms with Crippen molar-refractivity contribution >= 4 is 17.5 Å². The fourth-order valence-electron chi connectivity index (χ4n) is 4.15. The van der Waals surface area contributed by atoms with E-state index in [4.69, 9.17) is 9.57 Å². The summed E-state index contributed by atoms with van der Waals surface area (Å²) in [4.78, 5) is 30.2. The van der Waals surface area contributed by atoms with Gasteiger partial charge in [-0.2, -0.15) is 5.06 Å². The van der Waals surface area contributed by atoms with Crippen LogP contribution in [-0.4, -0.2) is 43.2 Å². The average molecular weight is 484 g/mol. The summed E-state index contributed by atoms with van der Waals surface area (Å²) in [5.41, 5.74) is 4.07. The van der Waals surface area contributed by atoms with Crippen LogP contribution in [0.25, 0.3) is 0 Å². The Hall–Kier alpha value is -3.23. The third kappa shape index (κ3) is 6.07. The number of likely N-dealkylation sites (N-methyl/N-ethyl adjacent to an activating group) is 1. The maximum Gasteiger partial charge on any atom is 0.265 e. The molecule has 0 radical (unpaired) electrons. The molecule has 35 heavy (non-hydrogen) atoms. The quantitative estimate of drug-likeness (QED) is 0.418. The summed E-state index contributed by atoms with van der Waals surface area (Å²) in [6, 6.07) is 3.34. The van der Waals surface area contributed by atoms with E-state index < -0.39 is 11.9 Å². The second kappa shape index (κ2) is 12.0. The summed E-state index contributed by atoms with van der Waals surface area (Å²) in [7, 11) is 1.62. The Balaban J connectivity index is 1.72. The number of hydrogen-bond donors (Lipinski definition) is 2. The van der Waals surface area contributed by atoms with E-state index in [0.717, 1.165) is 23.1 Å². The minimum Gasteiger partial charge on any atom is -0.478 e. The van der Waals surface area contributed by atoms with Crippen molar-refractivity contribution in [2.45, 2.75) is 53.2 Å². The van der Waals surface area contributed by atoms with Crippen LogP contribution in [0.1, 0.15) is 46.1 Å². The first-order valence-corrected chi connectivity index (χ1v) is 12.0. The van der Waals surface area contributed by atoms with Crippen LogP contribution in [0.4, 0.5) is 10.1 Å². The summed E-state index contributed by atoms with van der Waals surface area (Å²) >= 11 is 0. The van der Waals surface area contributed by atoms with E-state index in [1.165, 1.54) is 0 Å². The highest BCUT2D eigenvalue weighted by Gasteiger charge is 2.29. The van der Waals surface area contributed by atoms with Crippen molar-refractivity contribution in [3.63, 3.8) is 0 Å². The molecule has 2 aliphatic rings. The summed E-state index contributed by atoms with van der Waals surface area (Å²) < 4.78 is 20.7. The monoisotopic (exact) mass is 483 g/mol. The van der Waals surface area contributed by atoms with Crippen molar-refractivity contribution in [2.75, 3.05) is 25.5 Å². The lowest BCUT2D eigenvalue weighted by atomic mass is 9.96. The van der Waals surface area contributed by atoms with Crippen LogP contribution >= 0.6 is 0 Å². The van der Waals surface area contributed by atoms with Gasteiger partial charge in [-0.25, -0.2) is 4.39 Å². The van der Waals surface area contributed by atoms with Gasteiger partial charge in [0.1, 0.15) is 11.4 Å². The number of carbonyl (C=O) groups is 2. The second-order valence-electron chi connectivity index (χ2n) is 8.42. The summed E-state index contributed by atoms with van der Waals surface area (Å²) in [6.07, 6.45) is 8.48. The Morgan fingerprint density at radius 1 is 1.34 bits per heavy atom. The average Bonchev–Trinajstić information content (AvgIpc) is 2.86. The zero-order valence-electron chi connectivity index (χ0n) is 21.0. The number of carbonyl (C=O) groups excluding carboxylic acids is 2. The molecule has 188 valence electrons. The van der Waals surface area contributed by atoms with Gasteiger partial charge in [-0.15, -0.1) is 0 Å². The molecule has 7 nitrogen and oxygen atoms in total. The van der Waals surface area contributed by atoms with Gasteiger partial charge < -0.3 is 15.4 Å². The molecular weight excluding hydrogens is 449 g/mol. The first kappa shape index (κ1) is 26.4. The Labute approximate surface area is 206 Å². The molecule has 1 aromatic rings. The molecule has 3 rings (SSSR count). The number of fused-ring (bicyclic) bond motifs is 1. The van der Waals surface area contributed by atoms with Crippen LogP contribution in [0.5, 0.6) is 5.75 Å². The molecule has 8 heteroatoms. The van der Waals surface area contributed by atoms with E-state index in [1.54, 1.807) is 24.2 Å². The third-order valence-corrected chi connectivity index (χ3v) is 6.00. The van der Waals surface area contributed by atoms with Gasteiger partial charge in [0.2, 0.25) is 0 Å². The molecule has 0 aromatic heterocycles. The van der Waals surface area contributed by atoms with Crippen LogP contribution < -0.4 is 15.4 Å². The van der Waals surface area contributed by atoms with Crippen LogP contribution in [0, 0.1) is 5.82 Å². The van der Waals surface area contributed by atoms with Crippen molar-refractivity contribution in [2.24, 2.45) is 0 Å². The number of nitrogens with zero attached hydrogens (tertiary/aromatic N) is 1. The number of halogens is 1. The molecule has 0 bridgehead atoms. The predicted molar refractivity (Wildman–Crippen MR) is 134 cm³/mol. The SMILES string of the molecule is C\C=C(C1=CCN(Cc2ccc3c(c2F)NC(=O)C(CC)O3)OC1)/C(C)=C\C(=C\CC)C(=O)NC. The van der Waals surface area contributed by atoms with E-state index in [1.807, 2.05) is 52.0 Å². The van der Waals surface area contributed by atoms with Gasteiger partial charge in [0.25, 0.3) is 11.8 Å². The standard InChI is InChI=1S/C27H34FN3O4/c1-6-9-18(26(32)29-5)14-17(4)21(7-2)20-12-13-31(34-16-20)15-19-10-11-23-25(24(19)28)30-27(33)22(8-3)35-23/h7,9-12,14,22H,6,8,13,15-16H2,1-5H3,(H,29,32)(H,30,33)/b17-14-,18-9-,21-7+. The predicted octanol–water partition coefficient (Wildman–Crippen LogP) is 4.58. The minimum atomic E-state index is -0.607. The lowest BCUT2D eigenvalue weighted by molar-refractivity contribution is -0.156. The summed E-state index contributed by atoms with van der Waals surface area (Å²) in [5, 5.41) is 6.98. The first-order valence-electron chi connectivity index (χ1n) is 12.0. The maximum atomic E-state index is 15.1. The normalized spacial score (nSPS) is 19.5. The molecule has 0 saturated heterocycles. The number of ether oxygens (including phenoxy) is 1. The lowest BCUT2D eigenvalue weighted by Gasteiger charge is -2.29. The first-order chi connectivity index (χ1) is 16.8. The number of rotatable bonds is 8.